The molecule has 0 saturated heterocycles. The maximum atomic E-state index is 13.5. The van der Waals surface area contributed by atoms with E-state index in [9.17, 15) is 4.39 Å². The van der Waals surface area contributed by atoms with Gasteiger partial charge in [-0.05, 0) is 42.3 Å². The van der Waals surface area contributed by atoms with Crippen LogP contribution in [0.4, 0.5) is 4.39 Å². The maximum Gasteiger partial charge on any atom is 0.142 e. The van der Waals surface area contributed by atoms with E-state index in [1.807, 2.05) is 19.1 Å². The number of nitrogens with one attached hydrogen (secondary N) is 1. The van der Waals surface area contributed by atoms with Gasteiger partial charge < -0.3 is 5.32 Å². The standard InChI is InChI=1S/C15H15Cl2FN2/c1-2-20-15(11-5-6-19-9-13(11)17)8-10-3-4-12(16)14(18)7-10/h3-7,9,15,20H,2,8H2,1H3. The largest absolute Gasteiger partial charge is 0.310 e. The summed E-state index contributed by atoms with van der Waals surface area (Å²) in [6.45, 7) is 2.81. The molecule has 0 spiro atoms. The van der Waals surface area contributed by atoms with Crippen LogP contribution in [0.25, 0.3) is 0 Å². The Labute approximate surface area is 127 Å². The van der Waals surface area contributed by atoms with Gasteiger partial charge in [-0.3, -0.25) is 4.98 Å². The third-order valence-corrected chi connectivity index (χ3v) is 3.68. The van der Waals surface area contributed by atoms with E-state index in [1.54, 1.807) is 18.5 Å². The van der Waals surface area contributed by atoms with Crippen molar-refractivity contribution in [3.8, 4) is 0 Å². The minimum atomic E-state index is -0.403. The number of benzene rings is 1. The first-order valence-electron chi connectivity index (χ1n) is 6.38. The summed E-state index contributed by atoms with van der Waals surface area (Å²) >= 11 is 11.9. The molecule has 0 amide bonds. The molecule has 0 aliphatic heterocycles. The molecule has 1 aromatic carbocycles. The van der Waals surface area contributed by atoms with E-state index in [2.05, 4.69) is 10.3 Å². The zero-order valence-electron chi connectivity index (χ0n) is 11.0. The molecule has 0 bridgehead atoms. The van der Waals surface area contributed by atoms with Crippen LogP contribution in [-0.2, 0) is 6.42 Å². The lowest BCUT2D eigenvalue weighted by Gasteiger charge is -2.19. The predicted octanol–water partition coefficient (Wildman–Crippen LogP) is 4.42. The van der Waals surface area contributed by atoms with Gasteiger partial charge in [-0.1, -0.05) is 36.2 Å². The molecule has 1 heterocycles. The Kier molecular flexibility index (Phi) is 5.35. The quantitative estimate of drug-likeness (QED) is 0.884. The second-order valence-corrected chi connectivity index (χ2v) is 5.27. The molecule has 106 valence electrons. The summed E-state index contributed by atoms with van der Waals surface area (Å²) in [7, 11) is 0. The number of hydrogen-bond donors (Lipinski definition) is 1. The summed E-state index contributed by atoms with van der Waals surface area (Å²) < 4.78 is 13.5. The van der Waals surface area contributed by atoms with E-state index < -0.39 is 5.82 Å². The molecule has 1 unspecified atom stereocenters. The Bertz CT molecular complexity index is 590. The number of halogens is 3. The molecular formula is C15H15Cl2FN2. The highest BCUT2D eigenvalue weighted by atomic mass is 35.5. The summed E-state index contributed by atoms with van der Waals surface area (Å²) in [5, 5.41) is 4.09. The molecule has 0 aliphatic rings. The summed E-state index contributed by atoms with van der Waals surface area (Å²) in [4.78, 5) is 3.98. The number of rotatable bonds is 5. The van der Waals surface area contributed by atoms with Crippen LogP contribution in [0, 0.1) is 5.82 Å². The van der Waals surface area contributed by atoms with Crippen molar-refractivity contribution >= 4 is 23.2 Å². The number of nitrogens with zero attached hydrogens (tertiary/aromatic N) is 1. The zero-order chi connectivity index (χ0) is 14.5. The van der Waals surface area contributed by atoms with E-state index in [0.29, 0.717) is 11.4 Å². The predicted molar refractivity (Wildman–Crippen MR) is 80.8 cm³/mol. The molecule has 1 atom stereocenters. The summed E-state index contributed by atoms with van der Waals surface area (Å²) in [5.41, 5.74) is 1.82. The average Bonchev–Trinajstić information content (AvgIpc) is 2.43. The van der Waals surface area contributed by atoms with Crippen molar-refractivity contribution in [2.24, 2.45) is 0 Å². The molecule has 2 rings (SSSR count). The summed E-state index contributed by atoms with van der Waals surface area (Å²) in [5.74, 6) is -0.403. The minimum absolute atomic E-state index is 0.0103. The molecule has 1 aromatic heterocycles. The Morgan fingerprint density at radius 1 is 1.25 bits per heavy atom. The third-order valence-electron chi connectivity index (χ3n) is 3.05. The normalized spacial score (nSPS) is 12.4. The van der Waals surface area contributed by atoms with Gasteiger partial charge in [-0.2, -0.15) is 0 Å². The molecule has 0 radical (unpaired) electrons. The highest BCUT2D eigenvalue weighted by Gasteiger charge is 2.15. The van der Waals surface area contributed by atoms with Crippen molar-refractivity contribution in [2.75, 3.05) is 6.54 Å². The van der Waals surface area contributed by atoms with Gasteiger partial charge in [0.15, 0.2) is 0 Å². The van der Waals surface area contributed by atoms with Crippen molar-refractivity contribution in [2.45, 2.75) is 19.4 Å². The second kappa shape index (κ2) is 7.02. The first-order valence-corrected chi connectivity index (χ1v) is 7.14. The van der Waals surface area contributed by atoms with Gasteiger partial charge in [0.05, 0.1) is 10.0 Å². The van der Waals surface area contributed by atoms with Gasteiger partial charge in [0.2, 0.25) is 0 Å². The van der Waals surface area contributed by atoms with Crippen LogP contribution in [0.2, 0.25) is 10.0 Å². The van der Waals surface area contributed by atoms with E-state index >= 15 is 0 Å². The summed E-state index contributed by atoms with van der Waals surface area (Å²) in [6.07, 6.45) is 3.95. The molecular weight excluding hydrogens is 298 g/mol. The van der Waals surface area contributed by atoms with Crippen molar-refractivity contribution in [1.29, 1.82) is 0 Å². The molecule has 0 saturated carbocycles. The molecule has 0 aliphatic carbocycles. The van der Waals surface area contributed by atoms with Crippen molar-refractivity contribution in [3.05, 3.63) is 63.6 Å². The fourth-order valence-corrected chi connectivity index (χ4v) is 2.48. The smallest absolute Gasteiger partial charge is 0.142 e. The average molecular weight is 313 g/mol. The van der Waals surface area contributed by atoms with Gasteiger partial charge in [-0.15, -0.1) is 0 Å². The lowest BCUT2D eigenvalue weighted by molar-refractivity contribution is 0.546. The van der Waals surface area contributed by atoms with Crippen LogP contribution in [0.15, 0.2) is 36.7 Å². The number of pyridine rings is 1. The summed E-state index contributed by atoms with van der Waals surface area (Å²) in [6, 6.07) is 6.74. The molecule has 0 fully saturated rings. The lowest BCUT2D eigenvalue weighted by Crippen LogP contribution is -2.23. The van der Waals surface area contributed by atoms with Crippen molar-refractivity contribution in [3.63, 3.8) is 0 Å². The zero-order valence-corrected chi connectivity index (χ0v) is 12.5. The van der Waals surface area contributed by atoms with Gasteiger partial charge in [0.25, 0.3) is 0 Å². The minimum Gasteiger partial charge on any atom is -0.310 e. The SMILES string of the molecule is CCNC(Cc1ccc(Cl)c(F)c1)c1ccncc1Cl. The Morgan fingerprint density at radius 3 is 2.70 bits per heavy atom. The molecule has 2 nitrogen and oxygen atoms in total. The van der Waals surface area contributed by atoms with E-state index in [4.69, 9.17) is 23.2 Å². The monoisotopic (exact) mass is 312 g/mol. The second-order valence-electron chi connectivity index (χ2n) is 4.46. The third kappa shape index (κ3) is 3.69. The number of likely N-dealkylation sites (N-methyl/N-ethyl adjacent to an activating group) is 1. The fourth-order valence-electron chi connectivity index (χ4n) is 2.11. The van der Waals surface area contributed by atoms with Crippen LogP contribution in [0.5, 0.6) is 0 Å². The van der Waals surface area contributed by atoms with Crippen molar-refractivity contribution < 1.29 is 4.39 Å². The van der Waals surface area contributed by atoms with Crippen LogP contribution in [0.1, 0.15) is 24.1 Å². The van der Waals surface area contributed by atoms with E-state index in [0.717, 1.165) is 17.7 Å². The van der Waals surface area contributed by atoms with E-state index in [1.165, 1.54) is 6.07 Å². The van der Waals surface area contributed by atoms with Gasteiger partial charge >= 0.3 is 0 Å². The Hall–Kier alpha value is -1.16. The first-order chi connectivity index (χ1) is 9.61. The van der Waals surface area contributed by atoms with Gasteiger partial charge in [0, 0.05) is 18.4 Å². The van der Waals surface area contributed by atoms with Gasteiger partial charge in [-0.25, -0.2) is 4.39 Å². The lowest BCUT2D eigenvalue weighted by atomic mass is 9.99. The van der Waals surface area contributed by atoms with E-state index in [-0.39, 0.29) is 11.1 Å². The Balaban J connectivity index is 2.25. The van der Waals surface area contributed by atoms with Gasteiger partial charge in [0.1, 0.15) is 5.82 Å². The highest BCUT2D eigenvalue weighted by Crippen LogP contribution is 2.26. The highest BCUT2D eigenvalue weighted by molar-refractivity contribution is 6.31. The number of hydrogen-bond acceptors (Lipinski definition) is 2. The molecule has 20 heavy (non-hydrogen) atoms. The van der Waals surface area contributed by atoms with Crippen LogP contribution in [-0.4, -0.2) is 11.5 Å². The van der Waals surface area contributed by atoms with Crippen LogP contribution in [0.3, 0.4) is 0 Å². The van der Waals surface area contributed by atoms with Crippen LogP contribution >= 0.6 is 23.2 Å². The topological polar surface area (TPSA) is 24.9 Å². The van der Waals surface area contributed by atoms with Crippen LogP contribution < -0.4 is 5.32 Å². The Morgan fingerprint density at radius 2 is 2.05 bits per heavy atom. The van der Waals surface area contributed by atoms with Crippen molar-refractivity contribution in [1.82, 2.24) is 10.3 Å². The maximum absolute atomic E-state index is 13.5. The first kappa shape index (κ1) is 15.2. The molecule has 2 aromatic rings. The molecule has 1 N–H and O–H groups in total. The fraction of sp³-hybridized carbons (Fsp3) is 0.267. The number of aromatic nitrogens is 1. The molecule has 5 heteroatoms.